The molecule has 30 heavy (non-hydrogen) atoms. The van der Waals surface area contributed by atoms with Crippen LogP contribution in [0.2, 0.25) is 5.02 Å². The van der Waals surface area contributed by atoms with Crippen LogP contribution in [0.25, 0.3) is 11.4 Å². The van der Waals surface area contributed by atoms with Crippen molar-refractivity contribution in [1.29, 1.82) is 0 Å². The summed E-state index contributed by atoms with van der Waals surface area (Å²) in [7, 11) is 1.84. The van der Waals surface area contributed by atoms with Gasteiger partial charge in [-0.1, -0.05) is 41.9 Å². The maximum Gasteiger partial charge on any atom is 0.194 e. The molecule has 0 unspecified atom stereocenters. The number of guanidine groups is 1. The number of nitrogens with one attached hydrogen (secondary N) is 2. The molecule has 1 aliphatic heterocycles. The van der Waals surface area contributed by atoms with Crippen LogP contribution in [-0.2, 0) is 13.1 Å². The monoisotopic (exact) mass is 423 g/mol. The Hall–Kier alpha value is -2.90. The molecular formula is C22H26ClN7. The summed E-state index contributed by atoms with van der Waals surface area (Å²) in [6.45, 7) is 5.51. The highest BCUT2D eigenvalue weighted by molar-refractivity contribution is 6.30. The summed E-state index contributed by atoms with van der Waals surface area (Å²) in [5.74, 6) is 1.71. The molecule has 2 N–H and O–H groups in total. The molecule has 1 saturated heterocycles. The number of nitrogens with zero attached hydrogens (tertiary/aromatic N) is 5. The quantitative estimate of drug-likeness (QED) is 0.487. The zero-order valence-corrected chi connectivity index (χ0v) is 17.8. The Kier molecular flexibility index (Phi) is 6.61. The number of H-pyrrole nitrogens is 1. The van der Waals surface area contributed by atoms with Crippen LogP contribution >= 0.6 is 11.6 Å². The van der Waals surface area contributed by atoms with Gasteiger partial charge in [0, 0.05) is 56.9 Å². The predicted molar refractivity (Wildman–Crippen MR) is 120 cm³/mol. The molecule has 0 spiro atoms. The van der Waals surface area contributed by atoms with Gasteiger partial charge in [0.25, 0.3) is 0 Å². The minimum atomic E-state index is 0.706. The lowest BCUT2D eigenvalue weighted by Crippen LogP contribution is -2.52. The van der Waals surface area contributed by atoms with Gasteiger partial charge >= 0.3 is 0 Å². The molecule has 8 heteroatoms. The van der Waals surface area contributed by atoms with Crippen LogP contribution in [0.1, 0.15) is 11.1 Å². The number of hydrogen-bond donors (Lipinski definition) is 2. The van der Waals surface area contributed by atoms with Crippen molar-refractivity contribution < 1.29 is 0 Å². The van der Waals surface area contributed by atoms with Gasteiger partial charge in [0.15, 0.2) is 11.8 Å². The molecule has 2 aromatic carbocycles. The molecule has 156 valence electrons. The third-order valence-electron chi connectivity index (χ3n) is 5.24. The molecule has 7 nitrogen and oxygen atoms in total. The van der Waals surface area contributed by atoms with Crippen LogP contribution in [0.4, 0.5) is 0 Å². The van der Waals surface area contributed by atoms with E-state index in [9.17, 15) is 0 Å². The molecule has 4 rings (SSSR count). The van der Waals surface area contributed by atoms with Gasteiger partial charge < -0.3 is 10.2 Å². The van der Waals surface area contributed by atoms with E-state index in [1.54, 1.807) is 0 Å². The second-order valence-corrected chi connectivity index (χ2v) is 7.76. The first-order chi connectivity index (χ1) is 14.7. The first-order valence-corrected chi connectivity index (χ1v) is 10.5. The van der Waals surface area contributed by atoms with Crippen LogP contribution in [0.5, 0.6) is 0 Å². The van der Waals surface area contributed by atoms with Crippen LogP contribution in [-0.4, -0.2) is 64.2 Å². The molecular weight excluding hydrogens is 398 g/mol. The number of aliphatic imine (C=N–C) groups is 1. The van der Waals surface area contributed by atoms with Crippen molar-refractivity contribution in [2.24, 2.45) is 4.99 Å². The van der Waals surface area contributed by atoms with Gasteiger partial charge in [-0.2, -0.15) is 5.10 Å². The van der Waals surface area contributed by atoms with E-state index < -0.39 is 0 Å². The van der Waals surface area contributed by atoms with E-state index in [0.717, 1.165) is 55.1 Å². The SMILES string of the molecule is CN=C(NCc1cccc(-c2ncn[nH]2)c1)N1CCN(Cc2cccc(Cl)c2)CC1. The van der Waals surface area contributed by atoms with Crippen LogP contribution < -0.4 is 5.32 Å². The highest BCUT2D eigenvalue weighted by atomic mass is 35.5. The number of aromatic nitrogens is 3. The summed E-state index contributed by atoms with van der Waals surface area (Å²) >= 11 is 6.11. The molecule has 0 aliphatic carbocycles. The second kappa shape index (κ2) is 9.73. The van der Waals surface area contributed by atoms with Gasteiger partial charge in [0.2, 0.25) is 0 Å². The van der Waals surface area contributed by atoms with E-state index in [4.69, 9.17) is 11.6 Å². The lowest BCUT2D eigenvalue weighted by atomic mass is 10.1. The largest absolute Gasteiger partial charge is 0.352 e. The van der Waals surface area contributed by atoms with Crippen LogP contribution in [0.15, 0.2) is 59.9 Å². The minimum absolute atomic E-state index is 0.706. The highest BCUT2D eigenvalue weighted by Gasteiger charge is 2.19. The number of halogens is 1. The zero-order valence-electron chi connectivity index (χ0n) is 17.1. The molecule has 0 saturated carbocycles. The van der Waals surface area contributed by atoms with Crippen molar-refractivity contribution in [1.82, 2.24) is 30.3 Å². The van der Waals surface area contributed by atoms with Gasteiger partial charge in [0.05, 0.1) is 0 Å². The normalized spacial score (nSPS) is 15.4. The minimum Gasteiger partial charge on any atom is -0.352 e. The molecule has 0 atom stereocenters. The molecule has 0 radical (unpaired) electrons. The Morgan fingerprint density at radius 2 is 1.90 bits per heavy atom. The molecule has 1 aromatic heterocycles. The van der Waals surface area contributed by atoms with Crippen molar-refractivity contribution >= 4 is 17.6 Å². The molecule has 0 amide bonds. The summed E-state index contributed by atoms with van der Waals surface area (Å²) in [6, 6.07) is 16.4. The first-order valence-electron chi connectivity index (χ1n) is 10.1. The molecule has 0 bridgehead atoms. The van der Waals surface area contributed by atoms with Gasteiger partial charge in [-0.05, 0) is 29.3 Å². The second-order valence-electron chi connectivity index (χ2n) is 7.33. The summed E-state index contributed by atoms with van der Waals surface area (Å²) in [6.07, 6.45) is 1.52. The summed E-state index contributed by atoms with van der Waals surface area (Å²) in [5, 5.41) is 11.1. The number of piperazine rings is 1. The summed E-state index contributed by atoms with van der Waals surface area (Å²) in [5.41, 5.74) is 3.45. The van der Waals surface area contributed by atoms with Crippen LogP contribution in [0.3, 0.4) is 0 Å². The summed E-state index contributed by atoms with van der Waals surface area (Å²) < 4.78 is 0. The van der Waals surface area contributed by atoms with E-state index in [0.29, 0.717) is 6.54 Å². The molecule has 1 fully saturated rings. The third kappa shape index (κ3) is 5.17. The fourth-order valence-electron chi connectivity index (χ4n) is 3.70. The average Bonchev–Trinajstić information content (AvgIpc) is 3.31. The van der Waals surface area contributed by atoms with Gasteiger partial charge in [-0.15, -0.1) is 0 Å². The smallest absolute Gasteiger partial charge is 0.194 e. The lowest BCUT2D eigenvalue weighted by molar-refractivity contribution is 0.172. The summed E-state index contributed by atoms with van der Waals surface area (Å²) in [4.78, 5) is 13.5. The number of hydrogen-bond acceptors (Lipinski definition) is 4. The van der Waals surface area contributed by atoms with Gasteiger partial charge in [-0.25, -0.2) is 4.98 Å². The van der Waals surface area contributed by atoms with E-state index in [1.165, 1.54) is 17.5 Å². The van der Waals surface area contributed by atoms with E-state index >= 15 is 0 Å². The van der Waals surface area contributed by atoms with Crippen molar-refractivity contribution in [3.8, 4) is 11.4 Å². The van der Waals surface area contributed by atoms with Crippen molar-refractivity contribution in [2.75, 3.05) is 33.2 Å². The maximum absolute atomic E-state index is 6.11. The van der Waals surface area contributed by atoms with Crippen molar-refractivity contribution in [2.45, 2.75) is 13.1 Å². The topological polar surface area (TPSA) is 72.4 Å². The Morgan fingerprint density at radius 3 is 2.63 bits per heavy atom. The number of rotatable bonds is 5. The first kappa shape index (κ1) is 20.4. The average molecular weight is 424 g/mol. The van der Waals surface area contributed by atoms with E-state index in [1.807, 2.05) is 37.4 Å². The Bertz CT molecular complexity index is 979. The number of aromatic amines is 1. The predicted octanol–water partition coefficient (Wildman–Crippen LogP) is 3.02. The number of benzene rings is 2. The maximum atomic E-state index is 6.11. The van der Waals surface area contributed by atoms with E-state index in [-0.39, 0.29) is 0 Å². The Balaban J connectivity index is 1.30. The standard InChI is InChI=1S/C22H26ClN7/c1-24-22(25-14-17-4-2-6-19(12-17)21-26-16-27-28-21)30-10-8-29(9-11-30)15-18-5-3-7-20(23)13-18/h2-7,12-13,16H,8-11,14-15H2,1H3,(H,24,25)(H,26,27,28). The Morgan fingerprint density at radius 1 is 1.10 bits per heavy atom. The van der Waals surface area contributed by atoms with Gasteiger partial charge in [0.1, 0.15) is 6.33 Å². The molecule has 2 heterocycles. The zero-order chi connectivity index (χ0) is 20.8. The highest BCUT2D eigenvalue weighted by Crippen LogP contribution is 2.16. The van der Waals surface area contributed by atoms with Crippen molar-refractivity contribution in [3.63, 3.8) is 0 Å². The van der Waals surface area contributed by atoms with Crippen molar-refractivity contribution in [3.05, 3.63) is 71.0 Å². The molecule has 1 aliphatic rings. The Labute approximate surface area is 181 Å². The van der Waals surface area contributed by atoms with Gasteiger partial charge in [-0.3, -0.25) is 15.0 Å². The lowest BCUT2D eigenvalue weighted by Gasteiger charge is -2.36. The van der Waals surface area contributed by atoms with E-state index in [2.05, 4.69) is 53.5 Å². The third-order valence-corrected chi connectivity index (χ3v) is 5.48. The molecule has 3 aromatic rings. The fraction of sp³-hybridized carbons (Fsp3) is 0.318. The fourth-order valence-corrected chi connectivity index (χ4v) is 3.91. The van der Waals surface area contributed by atoms with Crippen LogP contribution in [0, 0.1) is 0 Å².